The lowest BCUT2D eigenvalue weighted by Crippen LogP contribution is -2.04. The predicted octanol–water partition coefficient (Wildman–Crippen LogP) is 2.72. The minimum Gasteiger partial charge on any atom is -0.476 e. The average molecular weight is 254 g/mol. The van der Waals surface area contributed by atoms with E-state index in [0.29, 0.717) is 0 Å². The third kappa shape index (κ3) is 2.34. The molecule has 96 valence electrons. The molecular weight excluding hydrogens is 240 g/mol. The van der Waals surface area contributed by atoms with Crippen molar-refractivity contribution in [2.75, 3.05) is 0 Å². The van der Waals surface area contributed by atoms with Crippen molar-refractivity contribution < 1.29 is 9.90 Å². The zero-order chi connectivity index (χ0) is 13.2. The Bertz CT molecular complexity index is 621. The second-order valence-electron chi connectivity index (χ2n) is 4.80. The fourth-order valence-electron chi connectivity index (χ4n) is 2.49. The first-order valence-corrected chi connectivity index (χ1v) is 6.43. The summed E-state index contributed by atoms with van der Waals surface area (Å²) in [6.07, 6.45) is 4.77. The molecule has 1 aromatic carbocycles. The minimum absolute atomic E-state index is 0.0262. The van der Waals surface area contributed by atoms with Gasteiger partial charge in [-0.25, -0.2) is 4.79 Å². The van der Waals surface area contributed by atoms with E-state index in [9.17, 15) is 4.79 Å². The number of benzene rings is 1. The van der Waals surface area contributed by atoms with Gasteiger partial charge in [0, 0.05) is 5.56 Å². The van der Waals surface area contributed by atoms with Gasteiger partial charge < -0.3 is 5.11 Å². The van der Waals surface area contributed by atoms with Crippen molar-refractivity contribution in [2.24, 2.45) is 0 Å². The highest BCUT2D eigenvalue weighted by molar-refractivity contribution is 5.85. The lowest BCUT2D eigenvalue weighted by atomic mass is 9.90. The van der Waals surface area contributed by atoms with Gasteiger partial charge in [-0.1, -0.05) is 12.1 Å². The van der Waals surface area contributed by atoms with E-state index in [4.69, 9.17) is 5.11 Å². The number of rotatable bonds is 2. The molecule has 0 bridgehead atoms. The van der Waals surface area contributed by atoms with Gasteiger partial charge in [0.15, 0.2) is 5.69 Å². The summed E-state index contributed by atoms with van der Waals surface area (Å²) in [5, 5.41) is 16.5. The number of carboxylic acid groups (broad SMARTS) is 1. The largest absolute Gasteiger partial charge is 0.476 e. The van der Waals surface area contributed by atoms with Crippen LogP contribution in [0, 0.1) is 0 Å². The molecule has 3 rings (SSSR count). The lowest BCUT2D eigenvalue weighted by Gasteiger charge is -2.16. The number of hydrogen-bond donors (Lipinski definition) is 1. The second-order valence-corrected chi connectivity index (χ2v) is 4.80. The summed E-state index contributed by atoms with van der Waals surface area (Å²) in [5.74, 6) is -1.05. The normalized spacial score (nSPS) is 13.9. The second kappa shape index (κ2) is 4.80. The number of aryl methyl sites for hydroxylation is 2. The fraction of sp³-hybridized carbons (Fsp3) is 0.267. The van der Waals surface area contributed by atoms with Crippen LogP contribution in [-0.2, 0) is 12.8 Å². The SMILES string of the molecule is O=C(O)c1ccc(-c2ccc3c(c2)CCCC3)nn1. The molecule has 0 saturated heterocycles. The van der Waals surface area contributed by atoms with Crippen LogP contribution in [0.3, 0.4) is 0 Å². The highest BCUT2D eigenvalue weighted by Crippen LogP contribution is 2.26. The van der Waals surface area contributed by atoms with E-state index in [0.717, 1.165) is 24.1 Å². The quantitative estimate of drug-likeness (QED) is 0.895. The minimum atomic E-state index is -1.05. The molecule has 0 spiro atoms. The van der Waals surface area contributed by atoms with Crippen molar-refractivity contribution in [2.45, 2.75) is 25.7 Å². The Morgan fingerprint density at radius 2 is 1.79 bits per heavy atom. The van der Waals surface area contributed by atoms with Gasteiger partial charge in [-0.05, 0) is 55.0 Å². The van der Waals surface area contributed by atoms with Gasteiger partial charge in [0.05, 0.1) is 5.69 Å². The molecule has 0 unspecified atom stereocenters. The molecule has 0 aliphatic heterocycles. The Hall–Kier alpha value is -2.23. The topological polar surface area (TPSA) is 63.1 Å². The molecule has 0 radical (unpaired) electrons. The number of carboxylic acids is 1. The van der Waals surface area contributed by atoms with E-state index in [2.05, 4.69) is 22.3 Å². The summed E-state index contributed by atoms with van der Waals surface area (Å²) in [5.41, 5.74) is 4.50. The lowest BCUT2D eigenvalue weighted by molar-refractivity contribution is 0.0689. The number of aromatic nitrogens is 2. The fourth-order valence-corrected chi connectivity index (χ4v) is 2.49. The van der Waals surface area contributed by atoms with Crippen molar-refractivity contribution in [1.29, 1.82) is 0 Å². The summed E-state index contributed by atoms with van der Waals surface area (Å²) in [7, 11) is 0. The van der Waals surface area contributed by atoms with Crippen molar-refractivity contribution in [3.05, 3.63) is 47.2 Å². The molecule has 0 saturated carbocycles. The van der Waals surface area contributed by atoms with Gasteiger partial charge in [0.1, 0.15) is 0 Å². The van der Waals surface area contributed by atoms with Crippen LogP contribution in [-0.4, -0.2) is 21.3 Å². The zero-order valence-electron chi connectivity index (χ0n) is 10.5. The van der Waals surface area contributed by atoms with E-state index in [1.54, 1.807) is 6.07 Å². The Balaban J connectivity index is 1.95. The van der Waals surface area contributed by atoms with Crippen molar-refractivity contribution in [3.8, 4) is 11.3 Å². The molecule has 0 amide bonds. The monoisotopic (exact) mass is 254 g/mol. The van der Waals surface area contributed by atoms with E-state index in [1.807, 2.05) is 6.07 Å². The summed E-state index contributed by atoms with van der Waals surface area (Å²) < 4.78 is 0. The molecule has 0 fully saturated rings. The van der Waals surface area contributed by atoms with Crippen LogP contribution >= 0.6 is 0 Å². The number of aromatic carboxylic acids is 1. The van der Waals surface area contributed by atoms with E-state index < -0.39 is 5.97 Å². The van der Waals surface area contributed by atoms with Crippen LogP contribution in [0.2, 0.25) is 0 Å². The Morgan fingerprint density at radius 3 is 2.47 bits per heavy atom. The van der Waals surface area contributed by atoms with Gasteiger partial charge in [-0.15, -0.1) is 10.2 Å². The maximum absolute atomic E-state index is 10.7. The smallest absolute Gasteiger partial charge is 0.356 e. The molecule has 4 heteroatoms. The van der Waals surface area contributed by atoms with Crippen LogP contribution in [0.1, 0.15) is 34.5 Å². The standard InChI is InChI=1S/C15H14N2O2/c18-15(19)14-8-7-13(16-17-14)12-6-5-10-3-1-2-4-11(10)9-12/h5-9H,1-4H2,(H,18,19). The highest BCUT2D eigenvalue weighted by atomic mass is 16.4. The summed E-state index contributed by atoms with van der Waals surface area (Å²) in [6, 6.07) is 9.54. The molecule has 1 aromatic heterocycles. The Labute approximate surface area is 111 Å². The Morgan fingerprint density at radius 1 is 1.00 bits per heavy atom. The van der Waals surface area contributed by atoms with Crippen molar-refractivity contribution in [3.63, 3.8) is 0 Å². The van der Waals surface area contributed by atoms with Crippen LogP contribution in [0.5, 0.6) is 0 Å². The van der Waals surface area contributed by atoms with Gasteiger partial charge in [0.2, 0.25) is 0 Å². The number of carbonyl (C=O) groups is 1. The molecular formula is C15H14N2O2. The Kier molecular flexibility index (Phi) is 2.99. The molecule has 19 heavy (non-hydrogen) atoms. The summed E-state index contributed by atoms with van der Waals surface area (Å²) in [6.45, 7) is 0. The third-order valence-electron chi connectivity index (χ3n) is 3.53. The van der Waals surface area contributed by atoms with E-state index in [1.165, 1.54) is 30.0 Å². The van der Waals surface area contributed by atoms with Crippen LogP contribution in [0.4, 0.5) is 0 Å². The number of hydrogen-bond acceptors (Lipinski definition) is 3. The number of fused-ring (bicyclic) bond motifs is 1. The molecule has 1 aliphatic carbocycles. The van der Waals surface area contributed by atoms with Gasteiger partial charge in [0.25, 0.3) is 0 Å². The number of nitrogens with zero attached hydrogens (tertiary/aromatic N) is 2. The molecule has 1 aliphatic rings. The maximum Gasteiger partial charge on any atom is 0.356 e. The van der Waals surface area contributed by atoms with Crippen LogP contribution in [0.25, 0.3) is 11.3 Å². The average Bonchev–Trinajstić information content (AvgIpc) is 2.47. The maximum atomic E-state index is 10.7. The zero-order valence-corrected chi connectivity index (χ0v) is 10.5. The van der Waals surface area contributed by atoms with Crippen molar-refractivity contribution in [1.82, 2.24) is 10.2 Å². The molecule has 0 atom stereocenters. The first-order valence-electron chi connectivity index (χ1n) is 6.43. The van der Waals surface area contributed by atoms with E-state index in [-0.39, 0.29) is 5.69 Å². The molecule has 2 aromatic rings. The predicted molar refractivity (Wildman–Crippen MR) is 71.1 cm³/mol. The molecule has 4 nitrogen and oxygen atoms in total. The van der Waals surface area contributed by atoms with Crippen LogP contribution in [0.15, 0.2) is 30.3 Å². The first kappa shape index (κ1) is 11.8. The summed E-state index contributed by atoms with van der Waals surface area (Å²) in [4.78, 5) is 10.7. The highest BCUT2D eigenvalue weighted by Gasteiger charge is 2.11. The van der Waals surface area contributed by atoms with Crippen LogP contribution < -0.4 is 0 Å². The first-order chi connectivity index (χ1) is 9.24. The van der Waals surface area contributed by atoms with Gasteiger partial charge in [-0.2, -0.15) is 0 Å². The summed E-state index contributed by atoms with van der Waals surface area (Å²) >= 11 is 0. The molecule has 1 heterocycles. The third-order valence-corrected chi connectivity index (χ3v) is 3.53. The van der Waals surface area contributed by atoms with Crippen molar-refractivity contribution >= 4 is 5.97 Å². The molecule has 1 N–H and O–H groups in total. The van der Waals surface area contributed by atoms with E-state index >= 15 is 0 Å². The van der Waals surface area contributed by atoms with Gasteiger partial charge >= 0.3 is 5.97 Å². The van der Waals surface area contributed by atoms with Gasteiger partial charge in [-0.3, -0.25) is 0 Å².